The monoisotopic (exact) mass is 619 g/mol. The average molecular weight is 621 g/mol. The van der Waals surface area contributed by atoms with Gasteiger partial charge in [0.25, 0.3) is 10.0 Å². The number of hydrogen-bond donors (Lipinski definition) is 1. The quantitative estimate of drug-likeness (QED) is 0.301. The van der Waals surface area contributed by atoms with Crippen molar-refractivity contribution in [3.63, 3.8) is 0 Å². The van der Waals surface area contributed by atoms with Gasteiger partial charge in [-0.05, 0) is 68.3 Å². The van der Waals surface area contributed by atoms with Crippen molar-refractivity contribution in [3.05, 3.63) is 93.9 Å². The summed E-state index contributed by atoms with van der Waals surface area (Å²) in [6.45, 7) is 4.99. The van der Waals surface area contributed by atoms with Crippen molar-refractivity contribution < 1.29 is 18.0 Å². The first-order valence-corrected chi connectivity index (χ1v) is 14.8. The lowest BCUT2D eigenvalue weighted by Gasteiger charge is -2.32. The molecule has 2 amide bonds. The summed E-state index contributed by atoms with van der Waals surface area (Å²) in [5.74, 6) is -0.875. The van der Waals surface area contributed by atoms with Gasteiger partial charge in [-0.25, -0.2) is 8.42 Å². The maximum Gasteiger partial charge on any atom is 0.264 e. The summed E-state index contributed by atoms with van der Waals surface area (Å²) in [7, 11) is -4.10. The van der Waals surface area contributed by atoms with Gasteiger partial charge in [0.15, 0.2) is 0 Å². The molecule has 0 saturated carbocycles. The number of rotatable bonds is 11. The van der Waals surface area contributed by atoms with Crippen molar-refractivity contribution in [2.24, 2.45) is 0 Å². The molecule has 202 valence electrons. The number of amides is 2. The fraction of sp³-hybridized carbons (Fsp3) is 0.286. The van der Waals surface area contributed by atoms with Crippen LogP contribution in [0.4, 0.5) is 5.69 Å². The molecule has 0 unspecified atom stereocenters. The number of benzene rings is 3. The molecule has 0 bridgehead atoms. The number of sulfonamides is 1. The van der Waals surface area contributed by atoms with Crippen molar-refractivity contribution in [2.75, 3.05) is 10.8 Å². The minimum Gasteiger partial charge on any atom is -0.352 e. The van der Waals surface area contributed by atoms with Crippen LogP contribution in [0.5, 0.6) is 0 Å². The van der Waals surface area contributed by atoms with Crippen molar-refractivity contribution in [1.82, 2.24) is 10.2 Å². The van der Waals surface area contributed by atoms with Crippen molar-refractivity contribution >= 4 is 55.1 Å². The predicted molar refractivity (Wildman–Crippen MR) is 154 cm³/mol. The Labute approximate surface area is 238 Å². The lowest BCUT2D eigenvalue weighted by molar-refractivity contribution is -0.139. The zero-order valence-electron chi connectivity index (χ0n) is 21.5. The molecule has 0 spiro atoms. The van der Waals surface area contributed by atoms with Gasteiger partial charge in [0, 0.05) is 22.1 Å². The minimum atomic E-state index is -4.10. The highest BCUT2D eigenvalue weighted by Crippen LogP contribution is 2.26. The molecule has 1 N–H and O–H groups in total. The Morgan fingerprint density at radius 1 is 0.947 bits per heavy atom. The molecule has 0 aliphatic heterocycles. The van der Waals surface area contributed by atoms with Gasteiger partial charge >= 0.3 is 0 Å². The van der Waals surface area contributed by atoms with E-state index in [9.17, 15) is 18.0 Å². The van der Waals surface area contributed by atoms with Crippen LogP contribution in [-0.4, -0.2) is 43.8 Å². The van der Waals surface area contributed by atoms with Gasteiger partial charge in [-0.2, -0.15) is 0 Å². The molecule has 38 heavy (non-hydrogen) atoms. The van der Waals surface area contributed by atoms with E-state index in [0.29, 0.717) is 16.3 Å². The smallest absolute Gasteiger partial charge is 0.264 e. The number of carbonyl (C=O) groups excluding carboxylic acids is 2. The summed E-state index contributed by atoms with van der Waals surface area (Å²) >= 11 is 9.75. The van der Waals surface area contributed by atoms with E-state index in [1.54, 1.807) is 73.7 Å². The maximum absolute atomic E-state index is 13.9. The van der Waals surface area contributed by atoms with Crippen LogP contribution >= 0.6 is 27.5 Å². The highest BCUT2D eigenvalue weighted by molar-refractivity contribution is 9.10. The second-order valence-corrected chi connectivity index (χ2v) is 12.1. The number of nitrogens with zero attached hydrogens (tertiary/aromatic N) is 2. The molecule has 7 nitrogen and oxygen atoms in total. The van der Waals surface area contributed by atoms with Gasteiger partial charge in [-0.15, -0.1) is 0 Å². The van der Waals surface area contributed by atoms with Crippen LogP contribution in [0.2, 0.25) is 5.02 Å². The van der Waals surface area contributed by atoms with Crippen LogP contribution in [0, 0.1) is 0 Å². The highest BCUT2D eigenvalue weighted by Gasteiger charge is 2.33. The third-order valence-corrected chi connectivity index (χ3v) is 8.88. The van der Waals surface area contributed by atoms with E-state index in [-0.39, 0.29) is 23.4 Å². The molecule has 0 aromatic heterocycles. The minimum absolute atomic E-state index is 0.0349. The molecule has 0 radical (unpaired) electrons. The molecule has 3 rings (SSSR count). The number of anilines is 1. The predicted octanol–water partition coefficient (Wildman–Crippen LogP) is 5.63. The molecular weight excluding hydrogens is 590 g/mol. The van der Waals surface area contributed by atoms with E-state index < -0.39 is 28.5 Å². The van der Waals surface area contributed by atoms with Gasteiger partial charge in [0.2, 0.25) is 11.8 Å². The van der Waals surface area contributed by atoms with E-state index in [1.807, 2.05) is 13.8 Å². The molecule has 0 saturated heterocycles. The molecule has 0 aliphatic carbocycles. The molecule has 2 atom stereocenters. The van der Waals surface area contributed by atoms with Crippen molar-refractivity contribution in [3.8, 4) is 0 Å². The standard InChI is InChI=1S/C28H31BrClN3O4S/c1-4-20(2)31-28(35)21(3)32(18-22-10-8-9-13-26(22)30)27(34)19-33(24-16-14-23(29)15-17-24)38(36,37)25-11-6-5-7-12-25/h5-17,20-21H,4,18-19H2,1-3H3,(H,31,35)/t20-,21-/m0/s1. The molecule has 0 heterocycles. The molecule has 0 aliphatic rings. The fourth-order valence-corrected chi connectivity index (χ4v) is 5.61. The van der Waals surface area contributed by atoms with Crippen LogP contribution in [0.25, 0.3) is 0 Å². The van der Waals surface area contributed by atoms with Crippen molar-refractivity contribution in [2.45, 2.75) is 50.7 Å². The highest BCUT2D eigenvalue weighted by atomic mass is 79.9. The summed E-state index contributed by atoms with van der Waals surface area (Å²) < 4.78 is 29.3. The Balaban J connectivity index is 2.02. The summed E-state index contributed by atoms with van der Waals surface area (Å²) in [5.41, 5.74) is 0.964. The van der Waals surface area contributed by atoms with E-state index in [1.165, 1.54) is 17.0 Å². The number of carbonyl (C=O) groups is 2. The molecule has 10 heteroatoms. The number of halogens is 2. The van der Waals surface area contributed by atoms with Gasteiger partial charge in [-0.1, -0.05) is 70.9 Å². The molecule has 0 fully saturated rings. The maximum atomic E-state index is 13.9. The van der Waals surface area contributed by atoms with Crippen LogP contribution < -0.4 is 9.62 Å². The summed E-state index contributed by atoms with van der Waals surface area (Å²) in [6.07, 6.45) is 0.726. The second-order valence-electron chi connectivity index (χ2n) is 8.91. The van der Waals surface area contributed by atoms with Crippen LogP contribution in [0.1, 0.15) is 32.8 Å². The number of nitrogens with one attached hydrogen (secondary N) is 1. The normalized spacial score (nSPS) is 12.9. The van der Waals surface area contributed by atoms with Gasteiger partial charge < -0.3 is 10.2 Å². The Hall–Kier alpha value is -2.88. The Morgan fingerprint density at radius 2 is 1.55 bits per heavy atom. The zero-order chi connectivity index (χ0) is 27.9. The Morgan fingerprint density at radius 3 is 2.16 bits per heavy atom. The molecular formula is C28H31BrClN3O4S. The Bertz CT molecular complexity index is 1350. The Kier molecular flexibility index (Phi) is 10.4. The summed E-state index contributed by atoms with van der Waals surface area (Å²) in [6, 6.07) is 20.7. The van der Waals surface area contributed by atoms with E-state index in [0.717, 1.165) is 15.2 Å². The average Bonchev–Trinajstić information content (AvgIpc) is 2.91. The lowest BCUT2D eigenvalue weighted by atomic mass is 10.1. The van der Waals surface area contributed by atoms with Crippen LogP contribution in [0.3, 0.4) is 0 Å². The topological polar surface area (TPSA) is 86.8 Å². The summed E-state index contributed by atoms with van der Waals surface area (Å²) in [4.78, 5) is 28.4. The molecule has 3 aromatic carbocycles. The van der Waals surface area contributed by atoms with Gasteiger partial charge in [-0.3, -0.25) is 13.9 Å². The number of hydrogen-bond acceptors (Lipinski definition) is 4. The third-order valence-electron chi connectivity index (χ3n) is 6.19. The van der Waals surface area contributed by atoms with Crippen LogP contribution in [0.15, 0.2) is 88.2 Å². The zero-order valence-corrected chi connectivity index (χ0v) is 24.6. The van der Waals surface area contributed by atoms with E-state index in [2.05, 4.69) is 21.2 Å². The first-order valence-electron chi connectivity index (χ1n) is 12.2. The van der Waals surface area contributed by atoms with Gasteiger partial charge in [0.05, 0.1) is 10.6 Å². The fourth-order valence-electron chi connectivity index (χ4n) is 3.71. The van der Waals surface area contributed by atoms with Crippen LogP contribution in [-0.2, 0) is 26.2 Å². The largest absolute Gasteiger partial charge is 0.352 e. The second kappa shape index (κ2) is 13.3. The third kappa shape index (κ3) is 7.36. The van der Waals surface area contributed by atoms with Gasteiger partial charge in [0.1, 0.15) is 12.6 Å². The van der Waals surface area contributed by atoms with E-state index >= 15 is 0 Å². The first kappa shape index (κ1) is 29.7. The van der Waals surface area contributed by atoms with Crippen molar-refractivity contribution in [1.29, 1.82) is 0 Å². The lowest BCUT2D eigenvalue weighted by Crippen LogP contribution is -2.52. The SMILES string of the molecule is CC[C@H](C)NC(=O)[C@H](C)N(Cc1ccccc1Cl)C(=O)CN(c1ccc(Br)cc1)S(=O)(=O)c1ccccc1. The van der Waals surface area contributed by atoms with E-state index in [4.69, 9.17) is 11.6 Å². The molecule has 3 aromatic rings. The first-order chi connectivity index (χ1) is 18.0. The summed E-state index contributed by atoms with van der Waals surface area (Å²) in [5, 5.41) is 3.36.